The molecule has 2 saturated heterocycles. The fourth-order valence-corrected chi connectivity index (χ4v) is 5.35. The van der Waals surface area contributed by atoms with Crippen molar-refractivity contribution in [2.75, 3.05) is 13.2 Å². The summed E-state index contributed by atoms with van der Waals surface area (Å²) in [5.74, 6) is -1.37. The molecule has 190 valence electrons. The van der Waals surface area contributed by atoms with Crippen LogP contribution in [0, 0.1) is 0 Å². The van der Waals surface area contributed by atoms with Crippen molar-refractivity contribution >= 4 is 23.4 Å². The van der Waals surface area contributed by atoms with Crippen molar-refractivity contribution in [2.24, 2.45) is 0 Å². The van der Waals surface area contributed by atoms with Crippen LogP contribution in [0.4, 0.5) is 0 Å². The molecule has 3 rings (SSSR count). The van der Waals surface area contributed by atoms with Crippen molar-refractivity contribution < 1.29 is 28.7 Å². The van der Waals surface area contributed by atoms with E-state index in [9.17, 15) is 19.2 Å². The van der Waals surface area contributed by atoms with Gasteiger partial charge in [0, 0.05) is 19.4 Å². The molecule has 0 spiro atoms. The molecule has 0 radical (unpaired) electrons. The lowest BCUT2D eigenvalue weighted by Crippen LogP contribution is -2.57. The van der Waals surface area contributed by atoms with E-state index in [1.54, 1.807) is 0 Å². The Morgan fingerprint density at radius 3 is 2.56 bits per heavy atom. The molecule has 7 heteroatoms. The molecule has 3 aliphatic heterocycles. The van der Waals surface area contributed by atoms with Crippen LogP contribution < -0.4 is 0 Å². The van der Waals surface area contributed by atoms with E-state index in [0.717, 1.165) is 51.4 Å². The standard InChI is InChI=1S/C27H41NO6/c1-2-27-18-12-16-22(34-27)15-7-5-3-4-6-13-21(29)14-9-11-20-33-26(32)23-17-8-10-19-28(23)25(31)24(27)30/h4,6,22-23H,2-3,5,7-20H2,1H3. The molecular formula is C27H41NO6. The van der Waals surface area contributed by atoms with Crippen molar-refractivity contribution in [2.45, 2.75) is 121 Å². The first-order valence-corrected chi connectivity index (χ1v) is 13.3. The minimum Gasteiger partial charge on any atom is -0.464 e. The molecule has 3 heterocycles. The summed E-state index contributed by atoms with van der Waals surface area (Å²) in [7, 11) is 0. The summed E-state index contributed by atoms with van der Waals surface area (Å²) in [6.07, 6.45) is 14.8. The molecule has 3 unspecified atom stereocenters. The van der Waals surface area contributed by atoms with E-state index in [4.69, 9.17) is 9.47 Å². The third-order valence-corrected chi connectivity index (χ3v) is 7.47. The fourth-order valence-electron chi connectivity index (χ4n) is 5.35. The summed E-state index contributed by atoms with van der Waals surface area (Å²) < 4.78 is 11.8. The van der Waals surface area contributed by atoms with Gasteiger partial charge in [0.25, 0.3) is 11.7 Å². The van der Waals surface area contributed by atoms with Crippen molar-refractivity contribution in [1.29, 1.82) is 0 Å². The lowest BCUT2D eigenvalue weighted by atomic mass is 9.83. The molecule has 3 aliphatic rings. The molecular weight excluding hydrogens is 434 g/mol. The van der Waals surface area contributed by atoms with Crippen LogP contribution in [-0.4, -0.2) is 59.2 Å². The number of carbonyl (C=O) groups is 4. The largest absolute Gasteiger partial charge is 0.464 e. The van der Waals surface area contributed by atoms with Gasteiger partial charge in [-0.1, -0.05) is 25.5 Å². The molecule has 0 aliphatic carbocycles. The van der Waals surface area contributed by atoms with Crippen LogP contribution in [0.1, 0.15) is 103 Å². The molecule has 0 aromatic carbocycles. The fraction of sp³-hybridized carbons (Fsp3) is 0.778. The van der Waals surface area contributed by atoms with Gasteiger partial charge in [-0.3, -0.25) is 14.4 Å². The Morgan fingerprint density at radius 2 is 1.74 bits per heavy atom. The minimum atomic E-state index is -1.09. The van der Waals surface area contributed by atoms with Crippen LogP contribution in [0.15, 0.2) is 12.2 Å². The Morgan fingerprint density at radius 1 is 0.941 bits per heavy atom. The van der Waals surface area contributed by atoms with Crippen LogP contribution in [-0.2, 0) is 28.7 Å². The smallest absolute Gasteiger partial charge is 0.328 e. The third kappa shape index (κ3) is 7.00. The zero-order valence-corrected chi connectivity index (χ0v) is 20.7. The number of amides is 1. The van der Waals surface area contributed by atoms with Crippen LogP contribution in [0.25, 0.3) is 0 Å². The number of allylic oxidation sites excluding steroid dienone is 2. The molecule has 34 heavy (non-hydrogen) atoms. The van der Waals surface area contributed by atoms with Gasteiger partial charge < -0.3 is 14.4 Å². The van der Waals surface area contributed by atoms with E-state index in [1.165, 1.54) is 4.90 Å². The molecule has 0 N–H and O–H groups in total. The average Bonchev–Trinajstić information content (AvgIpc) is 2.86. The molecule has 7 nitrogen and oxygen atoms in total. The molecule has 2 fully saturated rings. The first kappa shape index (κ1) is 26.6. The van der Waals surface area contributed by atoms with Gasteiger partial charge in [-0.2, -0.15) is 0 Å². The Kier molecular flexibility index (Phi) is 10.3. The Bertz CT molecular complexity index is 762. The van der Waals surface area contributed by atoms with E-state index in [-0.39, 0.29) is 18.5 Å². The monoisotopic (exact) mass is 475 g/mol. The van der Waals surface area contributed by atoms with Gasteiger partial charge in [0.2, 0.25) is 0 Å². The highest BCUT2D eigenvalue weighted by atomic mass is 16.5. The number of ether oxygens (including phenoxy) is 2. The second kappa shape index (κ2) is 13.2. The number of ketones is 2. The number of piperidine rings is 1. The minimum absolute atomic E-state index is 0.0350. The maximum Gasteiger partial charge on any atom is 0.328 e. The number of rotatable bonds is 1. The summed E-state index contributed by atoms with van der Waals surface area (Å²) in [5.41, 5.74) is -1.09. The highest BCUT2D eigenvalue weighted by molar-refractivity contribution is 6.39. The number of carbonyl (C=O) groups excluding carboxylic acids is 4. The van der Waals surface area contributed by atoms with Crippen LogP contribution in [0.3, 0.4) is 0 Å². The van der Waals surface area contributed by atoms with Gasteiger partial charge in [-0.25, -0.2) is 4.79 Å². The van der Waals surface area contributed by atoms with Crippen LogP contribution >= 0.6 is 0 Å². The quantitative estimate of drug-likeness (QED) is 0.316. The number of cyclic esters (lactones) is 1. The summed E-state index contributed by atoms with van der Waals surface area (Å²) in [5, 5.41) is 0. The lowest BCUT2D eigenvalue weighted by Gasteiger charge is -2.41. The van der Waals surface area contributed by atoms with Crippen molar-refractivity contribution in [3.05, 3.63) is 12.2 Å². The van der Waals surface area contributed by atoms with Gasteiger partial charge in [-0.15, -0.1) is 0 Å². The SMILES string of the molecule is CCC12CCCC(CCCCC=CCC(=O)CCCCOC(=O)C3CCCCN3C(=O)C1=O)O2. The highest BCUT2D eigenvalue weighted by Gasteiger charge is 2.48. The predicted octanol–water partition coefficient (Wildman–Crippen LogP) is 4.46. The molecule has 0 saturated carbocycles. The zero-order chi connectivity index (χ0) is 24.4. The van der Waals surface area contributed by atoms with Gasteiger partial charge in [0.15, 0.2) is 0 Å². The zero-order valence-electron chi connectivity index (χ0n) is 20.7. The summed E-state index contributed by atoms with van der Waals surface area (Å²) >= 11 is 0. The number of hydrogen-bond donors (Lipinski definition) is 0. The number of esters is 1. The number of hydrogen-bond acceptors (Lipinski definition) is 6. The first-order valence-electron chi connectivity index (χ1n) is 13.3. The van der Waals surface area contributed by atoms with E-state index in [0.29, 0.717) is 51.5 Å². The maximum absolute atomic E-state index is 13.5. The van der Waals surface area contributed by atoms with Gasteiger partial charge in [-0.05, 0) is 77.0 Å². The molecule has 3 atom stereocenters. The summed E-state index contributed by atoms with van der Waals surface area (Å²) in [6.45, 7) is 2.51. The van der Waals surface area contributed by atoms with Crippen molar-refractivity contribution in [3.63, 3.8) is 0 Å². The third-order valence-electron chi connectivity index (χ3n) is 7.47. The maximum atomic E-state index is 13.5. The normalized spacial score (nSPS) is 31.4. The predicted molar refractivity (Wildman–Crippen MR) is 128 cm³/mol. The van der Waals surface area contributed by atoms with Gasteiger partial charge in [0.05, 0.1) is 12.7 Å². The molecule has 0 aromatic heterocycles. The van der Waals surface area contributed by atoms with Gasteiger partial charge >= 0.3 is 5.97 Å². The summed E-state index contributed by atoms with van der Waals surface area (Å²) in [6, 6.07) is -0.723. The van der Waals surface area contributed by atoms with Crippen molar-refractivity contribution in [1.82, 2.24) is 4.90 Å². The number of nitrogens with zero attached hydrogens (tertiary/aromatic N) is 1. The topological polar surface area (TPSA) is 90.0 Å². The van der Waals surface area contributed by atoms with Crippen LogP contribution in [0.5, 0.6) is 0 Å². The average molecular weight is 476 g/mol. The van der Waals surface area contributed by atoms with Crippen molar-refractivity contribution in [3.8, 4) is 0 Å². The van der Waals surface area contributed by atoms with E-state index in [2.05, 4.69) is 6.08 Å². The second-order valence-corrected chi connectivity index (χ2v) is 9.94. The van der Waals surface area contributed by atoms with E-state index < -0.39 is 29.3 Å². The van der Waals surface area contributed by atoms with Gasteiger partial charge in [0.1, 0.15) is 17.4 Å². The Balaban J connectivity index is 1.75. The summed E-state index contributed by atoms with van der Waals surface area (Å²) in [4.78, 5) is 53.2. The number of Topliss-reactive ketones (excluding diaryl/α,β-unsaturated/α-hetero) is 2. The molecule has 0 aromatic rings. The van der Waals surface area contributed by atoms with E-state index in [1.807, 2.05) is 13.0 Å². The first-order chi connectivity index (χ1) is 16.5. The number of fused-ring (bicyclic) bond motifs is 3. The molecule has 2 bridgehead atoms. The Hall–Kier alpha value is -2.02. The second-order valence-electron chi connectivity index (χ2n) is 9.94. The highest BCUT2D eigenvalue weighted by Crippen LogP contribution is 2.35. The van der Waals surface area contributed by atoms with Crippen LogP contribution in [0.2, 0.25) is 0 Å². The van der Waals surface area contributed by atoms with E-state index >= 15 is 0 Å². The lowest BCUT2D eigenvalue weighted by molar-refractivity contribution is -0.177. The molecule has 1 amide bonds. The Labute approximate surface area is 203 Å².